The summed E-state index contributed by atoms with van der Waals surface area (Å²) in [7, 11) is 0. The summed E-state index contributed by atoms with van der Waals surface area (Å²) in [6.07, 6.45) is -1.83. The van der Waals surface area contributed by atoms with Gasteiger partial charge in [-0.15, -0.1) is 0 Å². The Kier molecular flexibility index (Phi) is 25.0. The summed E-state index contributed by atoms with van der Waals surface area (Å²) in [4.78, 5) is 8.56. The van der Waals surface area contributed by atoms with E-state index in [2.05, 4.69) is 0 Å². The number of hydrogen-bond acceptors (Lipinski definition) is 1. The maximum absolute atomic E-state index is 8.56. The molecule has 0 saturated heterocycles. The SMILES string of the molecule is O.O=C(O)O.[Zn]. The molecular formula is CH4O4Zn. The minimum atomic E-state index is -1.83. The van der Waals surface area contributed by atoms with Crippen molar-refractivity contribution in [1.29, 1.82) is 0 Å². The summed E-state index contributed by atoms with van der Waals surface area (Å²) >= 11 is 0. The van der Waals surface area contributed by atoms with Crippen molar-refractivity contribution in [1.82, 2.24) is 0 Å². The third kappa shape index (κ3) is 1460. The van der Waals surface area contributed by atoms with Gasteiger partial charge < -0.3 is 15.7 Å². The molecule has 0 atom stereocenters. The van der Waals surface area contributed by atoms with Gasteiger partial charge in [-0.05, 0) is 0 Å². The molecule has 0 bridgehead atoms. The predicted octanol–water partition coefficient (Wildman–Crippen LogP) is -0.605. The minimum Gasteiger partial charge on any atom is -0.450 e. The van der Waals surface area contributed by atoms with Crippen LogP contribution in [-0.2, 0) is 19.5 Å². The molecule has 6 heavy (non-hydrogen) atoms. The van der Waals surface area contributed by atoms with E-state index in [0.717, 1.165) is 0 Å². The smallest absolute Gasteiger partial charge is 0.450 e. The van der Waals surface area contributed by atoms with Gasteiger partial charge in [-0.2, -0.15) is 0 Å². The zero-order valence-electron chi connectivity index (χ0n) is 3.01. The van der Waals surface area contributed by atoms with Crippen molar-refractivity contribution in [3.05, 3.63) is 0 Å². The van der Waals surface area contributed by atoms with Gasteiger partial charge in [0, 0.05) is 19.5 Å². The molecule has 0 unspecified atom stereocenters. The number of rotatable bonds is 0. The van der Waals surface area contributed by atoms with E-state index in [1.165, 1.54) is 0 Å². The number of carboxylic acid groups (broad SMARTS) is 2. The van der Waals surface area contributed by atoms with E-state index in [0.29, 0.717) is 0 Å². The fraction of sp³-hybridized carbons (Fsp3) is 0. The predicted molar refractivity (Wildman–Crippen MR) is 14.3 cm³/mol. The molecule has 0 saturated carbocycles. The van der Waals surface area contributed by atoms with E-state index < -0.39 is 6.16 Å². The third-order valence-corrected chi connectivity index (χ3v) is 0. The maximum atomic E-state index is 8.56. The topological polar surface area (TPSA) is 89.0 Å². The largest absolute Gasteiger partial charge is 0.503 e. The number of carbonyl (C=O) groups is 1. The van der Waals surface area contributed by atoms with Crippen LogP contribution in [0.25, 0.3) is 0 Å². The first kappa shape index (κ1) is 16.9. The van der Waals surface area contributed by atoms with E-state index in [1.54, 1.807) is 0 Å². The Morgan fingerprint density at radius 1 is 1.33 bits per heavy atom. The summed E-state index contributed by atoms with van der Waals surface area (Å²) in [5.41, 5.74) is 0. The minimum absolute atomic E-state index is 0. The quantitative estimate of drug-likeness (QED) is 0.446. The van der Waals surface area contributed by atoms with Crippen molar-refractivity contribution in [3.8, 4) is 0 Å². The Morgan fingerprint density at radius 2 is 1.33 bits per heavy atom. The molecule has 0 rings (SSSR count). The fourth-order valence-electron chi connectivity index (χ4n) is 0. The van der Waals surface area contributed by atoms with Crippen LogP contribution in [0.4, 0.5) is 4.79 Å². The average Bonchev–Trinajstić information content (AvgIpc) is 0.811. The van der Waals surface area contributed by atoms with Crippen molar-refractivity contribution < 1.29 is 40.0 Å². The Morgan fingerprint density at radius 3 is 1.33 bits per heavy atom. The van der Waals surface area contributed by atoms with E-state index in [4.69, 9.17) is 15.0 Å². The first-order valence-electron chi connectivity index (χ1n) is 0.651. The van der Waals surface area contributed by atoms with Gasteiger partial charge in [-0.25, -0.2) is 4.79 Å². The molecule has 34 valence electrons. The van der Waals surface area contributed by atoms with Gasteiger partial charge in [0.1, 0.15) is 0 Å². The van der Waals surface area contributed by atoms with Crippen molar-refractivity contribution in [2.75, 3.05) is 0 Å². The van der Waals surface area contributed by atoms with Gasteiger partial charge in [-0.3, -0.25) is 0 Å². The summed E-state index contributed by atoms with van der Waals surface area (Å²) in [6, 6.07) is 0. The first-order valence-corrected chi connectivity index (χ1v) is 0.651. The van der Waals surface area contributed by atoms with Crippen LogP contribution in [0.3, 0.4) is 0 Å². The summed E-state index contributed by atoms with van der Waals surface area (Å²) in [5, 5.41) is 13.9. The Balaban J connectivity index is -0.0000000450. The second kappa shape index (κ2) is 8.85. The van der Waals surface area contributed by atoms with Crippen molar-refractivity contribution >= 4 is 6.16 Å². The van der Waals surface area contributed by atoms with E-state index >= 15 is 0 Å². The zero-order valence-corrected chi connectivity index (χ0v) is 5.98. The molecule has 0 aliphatic carbocycles. The zero-order chi connectivity index (χ0) is 3.58. The molecule has 4 N–H and O–H groups in total. The van der Waals surface area contributed by atoms with Crippen LogP contribution in [0.15, 0.2) is 0 Å². The molecule has 5 heteroatoms. The molecular weight excluding hydrogens is 141 g/mol. The maximum Gasteiger partial charge on any atom is 0.503 e. The van der Waals surface area contributed by atoms with Gasteiger partial charge >= 0.3 is 6.16 Å². The molecule has 0 amide bonds. The van der Waals surface area contributed by atoms with Crippen LogP contribution in [0.5, 0.6) is 0 Å². The van der Waals surface area contributed by atoms with Crippen LogP contribution in [0.1, 0.15) is 0 Å². The van der Waals surface area contributed by atoms with Crippen molar-refractivity contribution in [2.24, 2.45) is 0 Å². The molecule has 0 fully saturated rings. The second-order valence-corrected chi connectivity index (χ2v) is 0.283. The summed E-state index contributed by atoms with van der Waals surface area (Å²) in [5.74, 6) is 0. The monoisotopic (exact) mass is 144 g/mol. The second-order valence-electron chi connectivity index (χ2n) is 0.283. The molecule has 0 aliphatic heterocycles. The van der Waals surface area contributed by atoms with Crippen LogP contribution in [0.2, 0.25) is 0 Å². The van der Waals surface area contributed by atoms with Gasteiger partial charge in [-0.1, -0.05) is 0 Å². The average molecular weight is 145 g/mol. The third-order valence-electron chi connectivity index (χ3n) is 0. The normalized spacial score (nSPS) is 4.00. The molecule has 0 aromatic rings. The van der Waals surface area contributed by atoms with E-state index in [1.807, 2.05) is 0 Å². The van der Waals surface area contributed by atoms with Crippen LogP contribution < -0.4 is 0 Å². The van der Waals surface area contributed by atoms with E-state index in [-0.39, 0.29) is 25.0 Å². The van der Waals surface area contributed by atoms with Crippen LogP contribution in [-0.4, -0.2) is 21.8 Å². The van der Waals surface area contributed by atoms with Gasteiger partial charge in [0.15, 0.2) is 0 Å². The molecule has 0 radical (unpaired) electrons. The first-order chi connectivity index (χ1) is 1.73. The fourth-order valence-corrected chi connectivity index (χ4v) is 0. The number of hydrogen-bond donors (Lipinski definition) is 2. The Labute approximate surface area is 46.9 Å². The molecule has 4 nitrogen and oxygen atoms in total. The van der Waals surface area contributed by atoms with Gasteiger partial charge in [0.2, 0.25) is 0 Å². The molecule has 0 aromatic heterocycles. The Bertz CT molecular complexity index is 30.5. The standard InChI is InChI=1S/CH2O3.H2O.Zn/c2-1(3)4;;/h(H2,2,3,4);1H2;. The Hall–Kier alpha value is -0.147. The van der Waals surface area contributed by atoms with Crippen molar-refractivity contribution in [3.63, 3.8) is 0 Å². The van der Waals surface area contributed by atoms with Crippen molar-refractivity contribution in [2.45, 2.75) is 0 Å². The summed E-state index contributed by atoms with van der Waals surface area (Å²) < 4.78 is 0. The summed E-state index contributed by atoms with van der Waals surface area (Å²) in [6.45, 7) is 0. The van der Waals surface area contributed by atoms with Crippen LogP contribution >= 0.6 is 0 Å². The molecule has 0 aromatic carbocycles. The van der Waals surface area contributed by atoms with Crippen LogP contribution in [0, 0.1) is 0 Å². The van der Waals surface area contributed by atoms with Gasteiger partial charge in [0.25, 0.3) is 0 Å². The van der Waals surface area contributed by atoms with Gasteiger partial charge in [0.05, 0.1) is 0 Å². The molecule has 0 heterocycles. The molecule has 0 spiro atoms. The molecule has 0 aliphatic rings. The van der Waals surface area contributed by atoms with E-state index in [9.17, 15) is 0 Å².